The highest BCUT2D eigenvalue weighted by Crippen LogP contribution is 2.39. The Bertz CT molecular complexity index is 582. The Morgan fingerprint density at radius 3 is 1.63 bits per heavy atom. The average molecular weight is 424 g/mol. The summed E-state index contributed by atoms with van der Waals surface area (Å²) in [6.07, 6.45) is 7.57. The van der Waals surface area contributed by atoms with Crippen LogP contribution < -0.4 is 5.32 Å². The predicted octanol–water partition coefficient (Wildman–Crippen LogP) is 4.30. The number of carbonyl (C=O) groups is 2. The highest BCUT2D eigenvalue weighted by molar-refractivity contribution is 5.72. The van der Waals surface area contributed by atoms with E-state index in [1.165, 1.54) is 19.3 Å². The van der Waals surface area contributed by atoms with E-state index in [9.17, 15) is 9.59 Å². The van der Waals surface area contributed by atoms with E-state index in [-0.39, 0.29) is 34.5 Å². The summed E-state index contributed by atoms with van der Waals surface area (Å²) in [5.41, 5.74) is -0.665. The van der Waals surface area contributed by atoms with E-state index in [0.717, 1.165) is 51.9 Å². The van der Waals surface area contributed by atoms with E-state index in [1.54, 1.807) is 0 Å². The van der Waals surface area contributed by atoms with Crippen LogP contribution in [0.3, 0.4) is 0 Å². The number of rotatable bonds is 0. The fourth-order valence-electron chi connectivity index (χ4n) is 4.89. The Kier molecular flexibility index (Phi) is 6.34. The molecule has 172 valence electrons. The van der Waals surface area contributed by atoms with Crippen molar-refractivity contribution >= 4 is 12.2 Å². The fourth-order valence-corrected chi connectivity index (χ4v) is 4.89. The molecule has 7 heteroatoms. The molecule has 0 aromatic rings. The third-order valence-electron chi connectivity index (χ3n) is 6.76. The predicted molar refractivity (Wildman–Crippen MR) is 117 cm³/mol. The molecule has 1 atom stereocenters. The van der Waals surface area contributed by atoms with Crippen molar-refractivity contribution in [2.45, 2.75) is 109 Å². The van der Waals surface area contributed by atoms with E-state index >= 15 is 0 Å². The van der Waals surface area contributed by atoms with Gasteiger partial charge in [-0.05, 0) is 86.6 Å². The third kappa shape index (κ3) is 5.04. The number of piperidine rings is 1. The van der Waals surface area contributed by atoms with Crippen molar-refractivity contribution in [3.05, 3.63) is 0 Å². The van der Waals surface area contributed by atoms with Crippen LogP contribution in [0.5, 0.6) is 0 Å². The lowest BCUT2D eigenvalue weighted by Crippen LogP contribution is -2.50. The van der Waals surface area contributed by atoms with Crippen LogP contribution in [-0.2, 0) is 9.47 Å². The van der Waals surface area contributed by atoms with Crippen molar-refractivity contribution in [3.63, 3.8) is 0 Å². The molecule has 0 unspecified atom stereocenters. The summed E-state index contributed by atoms with van der Waals surface area (Å²) in [6.45, 7) is 15.7. The smallest absolute Gasteiger partial charge is 0.411 e. The number of carbonyl (C=O) groups excluding carboxylic acids is 2. The lowest BCUT2D eigenvalue weighted by molar-refractivity contribution is 0.0259. The van der Waals surface area contributed by atoms with Gasteiger partial charge in [0.15, 0.2) is 0 Å². The van der Waals surface area contributed by atoms with Gasteiger partial charge >= 0.3 is 12.2 Å². The van der Waals surface area contributed by atoms with E-state index < -0.39 is 0 Å². The maximum Gasteiger partial charge on any atom is 0.411 e. The molecule has 3 saturated heterocycles. The lowest BCUT2D eigenvalue weighted by atomic mass is 9.84. The first-order valence-electron chi connectivity index (χ1n) is 11.6. The molecule has 1 N–H and O–H groups in total. The molecule has 3 aliphatic heterocycles. The number of hydrogen-bond acceptors (Lipinski definition) is 5. The van der Waals surface area contributed by atoms with Crippen LogP contribution in [0.2, 0.25) is 0 Å². The first-order valence-corrected chi connectivity index (χ1v) is 11.6. The number of nitrogens with zero attached hydrogens (tertiary/aromatic N) is 2. The molecule has 0 aromatic heterocycles. The standard InChI is InChI=1S/C12H21NO2.C11H20N2O2/c1-11(2,3)13-9-12(15-10(13)14)7-5-4-6-8-12;1-10(2,3)13-8-11(15-9(13)14)5-4-6-12-7-11/h4-9H2,1-3H3;12H,4-8H2,1-3H3/t;11-/m.0/s1. The van der Waals surface area contributed by atoms with Gasteiger partial charge in [0.2, 0.25) is 0 Å². The minimum absolute atomic E-state index is 0.113. The number of nitrogens with one attached hydrogen (secondary N) is 1. The van der Waals surface area contributed by atoms with Gasteiger partial charge in [-0.2, -0.15) is 0 Å². The van der Waals surface area contributed by atoms with Crippen molar-refractivity contribution in [2.75, 3.05) is 26.2 Å². The summed E-state index contributed by atoms with van der Waals surface area (Å²) in [5.74, 6) is 0. The zero-order valence-corrected chi connectivity index (χ0v) is 19.8. The molecule has 0 radical (unpaired) electrons. The monoisotopic (exact) mass is 423 g/mol. The summed E-state index contributed by atoms with van der Waals surface area (Å²) >= 11 is 0. The average Bonchev–Trinajstić information content (AvgIpc) is 3.13. The summed E-state index contributed by atoms with van der Waals surface area (Å²) in [4.78, 5) is 27.3. The highest BCUT2D eigenvalue weighted by Gasteiger charge is 2.49. The number of ether oxygens (including phenoxy) is 2. The molecule has 4 aliphatic rings. The quantitative estimate of drug-likeness (QED) is 0.629. The lowest BCUT2D eigenvalue weighted by Gasteiger charge is -2.33. The topological polar surface area (TPSA) is 71.1 Å². The van der Waals surface area contributed by atoms with Crippen molar-refractivity contribution in [3.8, 4) is 0 Å². The van der Waals surface area contributed by atoms with Gasteiger partial charge in [0.1, 0.15) is 11.2 Å². The Morgan fingerprint density at radius 1 is 0.733 bits per heavy atom. The van der Waals surface area contributed by atoms with E-state index in [1.807, 2.05) is 30.6 Å². The van der Waals surface area contributed by atoms with Gasteiger partial charge in [-0.1, -0.05) is 6.42 Å². The first-order chi connectivity index (χ1) is 13.9. The van der Waals surface area contributed by atoms with Crippen LogP contribution in [-0.4, -0.2) is 70.4 Å². The second-order valence-electron chi connectivity index (χ2n) is 11.5. The molecule has 2 amide bonds. The van der Waals surface area contributed by atoms with Crippen LogP contribution in [0.25, 0.3) is 0 Å². The molecule has 4 rings (SSSR count). The van der Waals surface area contributed by atoms with Crippen LogP contribution in [0.4, 0.5) is 9.59 Å². The molecule has 2 spiro atoms. The zero-order chi connectivity index (χ0) is 22.2. The van der Waals surface area contributed by atoms with Crippen molar-refractivity contribution in [1.29, 1.82) is 0 Å². The molecule has 1 saturated carbocycles. The zero-order valence-electron chi connectivity index (χ0n) is 19.8. The molecular weight excluding hydrogens is 382 g/mol. The Morgan fingerprint density at radius 2 is 1.20 bits per heavy atom. The van der Waals surface area contributed by atoms with Gasteiger partial charge < -0.3 is 14.8 Å². The molecule has 0 aromatic carbocycles. The molecule has 7 nitrogen and oxygen atoms in total. The van der Waals surface area contributed by atoms with Crippen LogP contribution in [0, 0.1) is 0 Å². The third-order valence-corrected chi connectivity index (χ3v) is 6.76. The molecule has 30 heavy (non-hydrogen) atoms. The number of hydrogen-bond donors (Lipinski definition) is 1. The van der Waals surface area contributed by atoms with Gasteiger partial charge in [0, 0.05) is 17.6 Å². The Hall–Kier alpha value is -1.50. The van der Waals surface area contributed by atoms with Crippen molar-refractivity contribution in [2.24, 2.45) is 0 Å². The second kappa shape index (κ2) is 8.21. The summed E-state index contributed by atoms with van der Waals surface area (Å²) in [7, 11) is 0. The largest absolute Gasteiger partial charge is 0.441 e. The van der Waals surface area contributed by atoms with Crippen LogP contribution in [0.15, 0.2) is 0 Å². The molecule has 4 fully saturated rings. The summed E-state index contributed by atoms with van der Waals surface area (Å²) in [6, 6.07) is 0. The summed E-state index contributed by atoms with van der Waals surface area (Å²) in [5, 5.41) is 3.31. The van der Waals surface area contributed by atoms with Crippen molar-refractivity contribution < 1.29 is 19.1 Å². The van der Waals surface area contributed by atoms with Crippen LogP contribution in [0.1, 0.15) is 86.5 Å². The van der Waals surface area contributed by atoms with E-state index in [0.29, 0.717) is 0 Å². The fraction of sp³-hybridized carbons (Fsp3) is 0.913. The first kappa shape index (κ1) is 23.2. The highest BCUT2D eigenvalue weighted by atomic mass is 16.6. The maximum atomic E-state index is 11.8. The van der Waals surface area contributed by atoms with Crippen LogP contribution >= 0.6 is 0 Å². The normalized spacial score (nSPS) is 29.0. The van der Waals surface area contributed by atoms with Gasteiger partial charge in [-0.25, -0.2) is 9.59 Å². The van der Waals surface area contributed by atoms with Gasteiger partial charge in [0.25, 0.3) is 0 Å². The molecule has 3 heterocycles. The molecular formula is C23H41N3O4. The van der Waals surface area contributed by atoms with Gasteiger partial charge in [-0.15, -0.1) is 0 Å². The van der Waals surface area contributed by atoms with Gasteiger partial charge in [-0.3, -0.25) is 9.80 Å². The SMILES string of the molecule is CC(C)(C)N1CC2(CCCCC2)OC1=O.CC(C)(C)N1C[C@@]2(CCCNC2)OC1=O. The second-order valence-corrected chi connectivity index (χ2v) is 11.5. The molecule has 0 bridgehead atoms. The summed E-state index contributed by atoms with van der Waals surface area (Å²) < 4.78 is 11.2. The Labute approximate surface area is 181 Å². The van der Waals surface area contributed by atoms with Gasteiger partial charge in [0.05, 0.1) is 13.1 Å². The minimum Gasteiger partial charge on any atom is -0.441 e. The minimum atomic E-state index is -0.261. The number of amides is 2. The van der Waals surface area contributed by atoms with E-state index in [2.05, 4.69) is 26.1 Å². The maximum absolute atomic E-state index is 11.8. The van der Waals surface area contributed by atoms with Crippen molar-refractivity contribution in [1.82, 2.24) is 15.1 Å². The molecule has 1 aliphatic carbocycles. The Balaban J connectivity index is 0.000000171. The van der Waals surface area contributed by atoms with E-state index in [4.69, 9.17) is 9.47 Å².